The Morgan fingerprint density at radius 2 is 2.05 bits per heavy atom. The Balaban J connectivity index is 2.02. The molecule has 0 radical (unpaired) electrons. The molecule has 1 aliphatic rings. The lowest BCUT2D eigenvalue weighted by Gasteiger charge is -2.31. The first-order valence-corrected chi connectivity index (χ1v) is 7.20. The fraction of sp³-hybridized carbons (Fsp3) is 0.562. The van der Waals surface area contributed by atoms with Crippen molar-refractivity contribution in [3.05, 3.63) is 35.9 Å². The summed E-state index contributed by atoms with van der Waals surface area (Å²) in [6.45, 7) is 4.69. The van der Waals surface area contributed by atoms with E-state index in [9.17, 15) is 9.90 Å². The second kappa shape index (κ2) is 6.37. The first kappa shape index (κ1) is 15.0. The smallest absolute Gasteiger partial charge is 0.320 e. The highest BCUT2D eigenvalue weighted by Crippen LogP contribution is 2.30. The van der Waals surface area contributed by atoms with Gasteiger partial charge in [-0.3, -0.25) is 9.69 Å². The van der Waals surface area contributed by atoms with Crippen LogP contribution in [0.3, 0.4) is 0 Å². The standard InChI is InChI=1S/C16H23NO3/c1-3-20-15(18)11-17(14-9-10-14)12-16(2,19)13-7-5-4-6-8-13/h4-8,14,19H,3,9-12H2,1-2H3. The molecule has 1 fully saturated rings. The zero-order valence-corrected chi connectivity index (χ0v) is 12.2. The van der Waals surface area contributed by atoms with Gasteiger partial charge in [0, 0.05) is 12.6 Å². The van der Waals surface area contributed by atoms with Crippen molar-refractivity contribution >= 4 is 5.97 Å². The Morgan fingerprint density at radius 1 is 1.40 bits per heavy atom. The third-order valence-corrected chi connectivity index (χ3v) is 3.61. The van der Waals surface area contributed by atoms with E-state index >= 15 is 0 Å². The number of esters is 1. The SMILES string of the molecule is CCOC(=O)CN(CC(C)(O)c1ccccc1)C1CC1. The largest absolute Gasteiger partial charge is 0.465 e. The normalized spacial score (nSPS) is 17.8. The molecule has 1 aromatic rings. The van der Waals surface area contributed by atoms with Crippen LogP contribution in [0.5, 0.6) is 0 Å². The Bertz CT molecular complexity index is 440. The first-order valence-electron chi connectivity index (χ1n) is 7.20. The number of rotatable bonds is 7. The van der Waals surface area contributed by atoms with Crippen LogP contribution in [-0.2, 0) is 15.1 Å². The molecule has 0 aromatic heterocycles. The van der Waals surface area contributed by atoms with Gasteiger partial charge in [-0.1, -0.05) is 30.3 Å². The summed E-state index contributed by atoms with van der Waals surface area (Å²) < 4.78 is 5.01. The van der Waals surface area contributed by atoms with Gasteiger partial charge in [-0.05, 0) is 32.3 Å². The summed E-state index contributed by atoms with van der Waals surface area (Å²) in [5, 5.41) is 10.7. The second-order valence-electron chi connectivity index (χ2n) is 5.58. The highest BCUT2D eigenvalue weighted by Gasteiger charge is 2.36. The molecule has 1 N–H and O–H groups in total. The first-order chi connectivity index (χ1) is 9.53. The molecule has 0 aliphatic heterocycles. The number of hydrogen-bond acceptors (Lipinski definition) is 4. The van der Waals surface area contributed by atoms with Crippen molar-refractivity contribution in [2.24, 2.45) is 0 Å². The van der Waals surface area contributed by atoms with Gasteiger partial charge < -0.3 is 9.84 Å². The molecule has 1 unspecified atom stereocenters. The Labute approximate surface area is 120 Å². The number of carbonyl (C=O) groups excluding carboxylic acids is 1. The summed E-state index contributed by atoms with van der Waals surface area (Å²) in [6, 6.07) is 9.98. The summed E-state index contributed by atoms with van der Waals surface area (Å²) >= 11 is 0. The van der Waals surface area contributed by atoms with E-state index in [0.717, 1.165) is 18.4 Å². The predicted molar refractivity (Wildman–Crippen MR) is 77.2 cm³/mol. The molecule has 0 amide bonds. The van der Waals surface area contributed by atoms with Crippen LogP contribution in [0.15, 0.2) is 30.3 Å². The quantitative estimate of drug-likeness (QED) is 0.774. The molecule has 0 saturated heterocycles. The zero-order chi connectivity index (χ0) is 14.6. The highest BCUT2D eigenvalue weighted by molar-refractivity contribution is 5.71. The summed E-state index contributed by atoms with van der Waals surface area (Å²) in [4.78, 5) is 13.7. The highest BCUT2D eigenvalue weighted by atomic mass is 16.5. The molecule has 110 valence electrons. The van der Waals surface area contributed by atoms with Crippen LogP contribution in [0.25, 0.3) is 0 Å². The molecule has 20 heavy (non-hydrogen) atoms. The van der Waals surface area contributed by atoms with E-state index in [0.29, 0.717) is 19.2 Å². The number of carbonyl (C=O) groups is 1. The van der Waals surface area contributed by atoms with Crippen molar-refractivity contribution in [1.29, 1.82) is 0 Å². The van der Waals surface area contributed by atoms with Crippen LogP contribution in [0.2, 0.25) is 0 Å². The van der Waals surface area contributed by atoms with Crippen LogP contribution in [0.4, 0.5) is 0 Å². The Morgan fingerprint density at radius 3 is 2.60 bits per heavy atom. The fourth-order valence-corrected chi connectivity index (χ4v) is 2.41. The van der Waals surface area contributed by atoms with Gasteiger partial charge in [-0.25, -0.2) is 0 Å². The molecule has 1 saturated carbocycles. The lowest BCUT2D eigenvalue weighted by Crippen LogP contribution is -2.43. The van der Waals surface area contributed by atoms with Crippen LogP contribution in [-0.4, -0.2) is 41.7 Å². The van der Waals surface area contributed by atoms with Gasteiger partial charge in [0.05, 0.1) is 18.8 Å². The lowest BCUT2D eigenvalue weighted by molar-refractivity contribution is -0.145. The molecule has 2 rings (SSSR count). The molecule has 0 heterocycles. The minimum Gasteiger partial charge on any atom is -0.465 e. The van der Waals surface area contributed by atoms with Crippen LogP contribution < -0.4 is 0 Å². The predicted octanol–water partition coefficient (Wildman–Crippen LogP) is 1.92. The molecule has 1 aromatic carbocycles. The molecular formula is C16H23NO3. The van der Waals surface area contributed by atoms with Gasteiger partial charge in [0.2, 0.25) is 0 Å². The van der Waals surface area contributed by atoms with Gasteiger partial charge in [0.25, 0.3) is 0 Å². The molecule has 0 spiro atoms. The summed E-state index contributed by atoms with van der Waals surface area (Å²) in [5.74, 6) is -0.219. The van der Waals surface area contributed by atoms with E-state index in [1.54, 1.807) is 13.8 Å². The monoisotopic (exact) mass is 277 g/mol. The molecule has 4 nitrogen and oxygen atoms in total. The maximum atomic E-state index is 11.7. The van der Waals surface area contributed by atoms with Crippen molar-refractivity contribution in [1.82, 2.24) is 4.90 Å². The number of aliphatic hydroxyl groups is 1. The molecular weight excluding hydrogens is 254 g/mol. The van der Waals surface area contributed by atoms with E-state index in [1.165, 1.54) is 0 Å². The maximum absolute atomic E-state index is 11.7. The van der Waals surface area contributed by atoms with Crippen LogP contribution in [0, 0.1) is 0 Å². The van der Waals surface area contributed by atoms with E-state index in [1.807, 2.05) is 35.2 Å². The molecule has 0 bridgehead atoms. The van der Waals surface area contributed by atoms with E-state index in [-0.39, 0.29) is 12.5 Å². The van der Waals surface area contributed by atoms with Gasteiger partial charge in [0.15, 0.2) is 0 Å². The van der Waals surface area contributed by atoms with Crippen molar-refractivity contribution in [3.8, 4) is 0 Å². The lowest BCUT2D eigenvalue weighted by atomic mass is 9.95. The summed E-state index contributed by atoms with van der Waals surface area (Å²) in [6.07, 6.45) is 2.18. The topological polar surface area (TPSA) is 49.8 Å². The van der Waals surface area contributed by atoms with Crippen molar-refractivity contribution < 1.29 is 14.6 Å². The fourth-order valence-electron chi connectivity index (χ4n) is 2.41. The summed E-state index contributed by atoms with van der Waals surface area (Å²) in [5.41, 5.74) is -0.0920. The third kappa shape index (κ3) is 4.05. The number of hydrogen-bond donors (Lipinski definition) is 1. The average molecular weight is 277 g/mol. The van der Waals surface area contributed by atoms with E-state index < -0.39 is 5.60 Å². The minimum atomic E-state index is -0.962. The molecule has 1 atom stereocenters. The van der Waals surface area contributed by atoms with Crippen LogP contribution >= 0.6 is 0 Å². The second-order valence-corrected chi connectivity index (χ2v) is 5.58. The Kier molecular flexibility index (Phi) is 4.78. The van der Waals surface area contributed by atoms with Crippen molar-refractivity contribution in [2.75, 3.05) is 19.7 Å². The van der Waals surface area contributed by atoms with Gasteiger partial charge in [-0.2, -0.15) is 0 Å². The van der Waals surface area contributed by atoms with Crippen molar-refractivity contribution in [3.63, 3.8) is 0 Å². The molecule has 1 aliphatic carbocycles. The third-order valence-electron chi connectivity index (χ3n) is 3.61. The maximum Gasteiger partial charge on any atom is 0.320 e. The van der Waals surface area contributed by atoms with E-state index in [2.05, 4.69) is 0 Å². The number of ether oxygens (including phenoxy) is 1. The van der Waals surface area contributed by atoms with Gasteiger partial charge >= 0.3 is 5.97 Å². The van der Waals surface area contributed by atoms with E-state index in [4.69, 9.17) is 4.74 Å². The Hall–Kier alpha value is -1.39. The zero-order valence-electron chi connectivity index (χ0n) is 12.2. The average Bonchev–Trinajstić information content (AvgIpc) is 3.23. The number of nitrogens with zero attached hydrogens (tertiary/aromatic N) is 1. The summed E-state index contributed by atoms with van der Waals surface area (Å²) in [7, 11) is 0. The number of benzene rings is 1. The van der Waals surface area contributed by atoms with Gasteiger partial charge in [0.1, 0.15) is 0 Å². The molecule has 4 heteroatoms. The van der Waals surface area contributed by atoms with Crippen LogP contribution in [0.1, 0.15) is 32.3 Å². The minimum absolute atomic E-state index is 0.219. The van der Waals surface area contributed by atoms with Gasteiger partial charge in [-0.15, -0.1) is 0 Å². The van der Waals surface area contributed by atoms with Crippen molar-refractivity contribution in [2.45, 2.75) is 38.3 Å².